The van der Waals surface area contributed by atoms with E-state index in [-0.39, 0.29) is 23.8 Å². The Morgan fingerprint density at radius 3 is 2.55 bits per heavy atom. The molecule has 0 bridgehead atoms. The summed E-state index contributed by atoms with van der Waals surface area (Å²) in [5, 5.41) is 16.0. The van der Waals surface area contributed by atoms with Crippen molar-refractivity contribution in [2.24, 2.45) is 5.10 Å². The second kappa shape index (κ2) is 11.6. The van der Waals surface area contributed by atoms with Crippen LogP contribution in [0, 0.1) is 10.1 Å². The number of hydrogen-bond donors (Lipinski definition) is 0. The lowest BCUT2D eigenvalue weighted by Gasteiger charge is -2.17. The molecule has 0 spiro atoms. The van der Waals surface area contributed by atoms with Gasteiger partial charge in [-0.2, -0.15) is 9.78 Å². The van der Waals surface area contributed by atoms with Gasteiger partial charge in [0.1, 0.15) is 18.2 Å². The number of nitrogens with zero attached hydrogens (tertiary/aromatic N) is 5. The van der Waals surface area contributed by atoms with Crippen molar-refractivity contribution in [3.8, 4) is 5.75 Å². The van der Waals surface area contributed by atoms with Crippen LogP contribution in [0.25, 0.3) is 10.9 Å². The van der Waals surface area contributed by atoms with Crippen molar-refractivity contribution in [3.05, 3.63) is 103 Å². The summed E-state index contributed by atoms with van der Waals surface area (Å²) >= 11 is 3.44. The zero-order valence-corrected chi connectivity index (χ0v) is 23.2. The molecule has 9 nitrogen and oxygen atoms in total. The molecule has 0 unspecified atom stereocenters. The van der Waals surface area contributed by atoms with Gasteiger partial charge in [-0.05, 0) is 54.4 Å². The third-order valence-electron chi connectivity index (χ3n) is 6.25. The highest BCUT2D eigenvalue weighted by Gasteiger charge is 2.16. The number of halogens is 1. The van der Waals surface area contributed by atoms with Crippen LogP contribution in [0.15, 0.2) is 75.0 Å². The molecule has 4 aromatic rings. The summed E-state index contributed by atoms with van der Waals surface area (Å²) in [7, 11) is 3.86. The van der Waals surface area contributed by atoms with Crippen LogP contribution in [-0.4, -0.2) is 34.9 Å². The first-order valence-electron chi connectivity index (χ1n) is 12.1. The smallest absolute Gasteiger partial charge is 0.282 e. The third kappa shape index (κ3) is 5.91. The lowest BCUT2D eigenvalue weighted by Crippen LogP contribution is -2.23. The number of ether oxygens (including phenoxy) is 1. The lowest BCUT2D eigenvalue weighted by atomic mass is 10.1. The summed E-state index contributed by atoms with van der Waals surface area (Å²) in [6.45, 7) is 4.27. The number of aromatic nitrogens is 2. The molecule has 38 heavy (non-hydrogen) atoms. The fourth-order valence-electron chi connectivity index (χ4n) is 3.81. The lowest BCUT2D eigenvalue weighted by molar-refractivity contribution is -0.384. The Balaban J connectivity index is 1.73. The van der Waals surface area contributed by atoms with E-state index in [1.54, 1.807) is 24.4 Å². The minimum Gasteiger partial charge on any atom is -0.488 e. The standard InChI is InChI=1S/C28H28BrN5O4/c1-5-18(2)27-31-25-13-9-21(29)14-24(25)28(35)33(27)30-16-20-8-12-23(32(3)4)15-26(20)38-17-19-6-10-22(11-7-19)34(36)37/h6-16,18H,5,17H2,1-4H3/t18-/m1/s1. The van der Waals surface area contributed by atoms with Gasteiger partial charge in [0.25, 0.3) is 11.2 Å². The maximum Gasteiger partial charge on any atom is 0.282 e. The maximum atomic E-state index is 13.5. The van der Waals surface area contributed by atoms with E-state index in [0.717, 1.165) is 22.1 Å². The summed E-state index contributed by atoms with van der Waals surface area (Å²) in [4.78, 5) is 30.7. The molecule has 4 rings (SSSR count). The van der Waals surface area contributed by atoms with Gasteiger partial charge in [-0.25, -0.2) is 4.98 Å². The van der Waals surface area contributed by atoms with Gasteiger partial charge in [-0.15, -0.1) is 0 Å². The Kier molecular flexibility index (Phi) is 8.21. The quantitative estimate of drug-likeness (QED) is 0.135. The van der Waals surface area contributed by atoms with Gasteiger partial charge in [0.15, 0.2) is 0 Å². The van der Waals surface area contributed by atoms with Gasteiger partial charge < -0.3 is 9.64 Å². The molecule has 0 fully saturated rings. The topological polar surface area (TPSA) is 103 Å². The molecule has 1 atom stereocenters. The summed E-state index contributed by atoms with van der Waals surface area (Å²) in [6, 6.07) is 17.4. The summed E-state index contributed by atoms with van der Waals surface area (Å²) in [5.74, 6) is 1.16. The number of anilines is 1. The zero-order valence-electron chi connectivity index (χ0n) is 21.6. The van der Waals surface area contributed by atoms with Crippen molar-refractivity contribution >= 4 is 44.4 Å². The highest BCUT2D eigenvalue weighted by atomic mass is 79.9. The van der Waals surface area contributed by atoms with Crippen LogP contribution in [-0.2, 0) is 6.61 Å². The van der Waals surface area contributed by atoms with Gasteiger partial charge in [-0.3, -0.25) is 14.9 Å². The van der Waals surface area contributed by atoms with Gasteiger partial charge >= 0.3 is 0 Å². The van der Waals surface area contributed by atoms with Crippen molar-refractivity contribution < 1.29 is 9.66 Å². The average molecular weight is 578 g/mol. The van der Waals surface area contributed by atoms with E-state index in [1.807, 2.05) is 63.2 Å². The molecule has 0 aliphatic heterocycles. The SMILES string of the molecule is CC[C@@H](C)c1nc2ccc(Br)cc2c(=O)n1N=Cc1ccc(N(C)C)cc1OCc1ccc([N+](=O)[O-])cc1. The predicted molar refractivity (Wildman–Crippen MR) is 154 cm³/mol. The molecule has 0 aliphatic carbocycles. The van der Waals surface area contributed by atoms with E-state index in [1.165, 1.54) is 16.8 Å². The van der Waals surface area contributed by atoms with Crippen molar-refractivity contribution in [1.29, 1.82) is 0 Å². The second-order valence-electron chi connectivity index (χ2n) is 9.13. The van der Waals surface area contributed by atoms with E-state index in [0.29, 0.717) is 28.0 Å². The largest absolute Gasteiger partial charge is 0.488 e. The second-order valence-corrected chi connectivity index (χ2v) is 10.0. The van der Waals surface area contributed by atoms with Crippen molar-refractivity contribution in [2.75, 3.05) is 19.0 Å². The number of rotatable bonds is 9. The molecule has 0 amide bonds. The van der Waals surface area contributed by atoms with Crippen LogP contribution in [0.1, 0.15) is 43.1 Å². The van der Waals surface area contributed by atoms with Crippen molar-refractivity contribution in [2.45, 2.75) is 32.8 Å². The van der Waals surface area contributed by atoms with Crippen LogP contribution < -0.4 is 15.2 Å². The fraction of sp³-hybridized carbons (Fsp3) is 0.250. The van der Waals surface area contributed by atoms with E-state index >= 15 is 0 Å². The molecular weight excluding hydrogens is 550 g/mol. The molecular formula is C28H28BrN5O4. The molecule has 0 saturated heterocycles. The van der Waals surface area contributed by atoms with Gasteiger partial charge in [0.2, 0.25) is 0 Å². The molecule has 0 radical (unpaired) electrons. The van der Waals surface area contributed by atoms with E-state index < -0.39 is 4.92 Å². The van der Waals surface area contributed by atoms with Crippen molar-refractivity contribution in [1.82, 2.24) is 9.66 Å². The summed E-state index contributed by atoms with van der Waals surface area (Å²) in [6.07, 6.45) is 2.40. The molecule has 196 valence electrons. The molecule has 10 heteroatoms. The number of nitro groups is 1. The van der Waals surface area contributed by atoms with Crippen LogP contribution >= 0.6 is 15.9 Å². The Hall–Kier alpha value is -4.05. The first-order chi connectivity index (χ1) is 18.2. The number of non-ortho nitro benzene ring substituents is 1. The Morgan fingerprint density at radius 1 is 1.16 bits per heavy atom. The Bertz CT molecular complexity index is 1560. The van der Waals surface area contributed by atoms with Crippen LogP contribution in [0.3, 0.4) is 0 Å². The first-order valence-corrected chi connectivity index (χ1v) is 12.9. The van der Waals surface area contributed by atoms with Gasteiger partial charge in [-0.1, -0.05) is 29.8 Å². The third-order valence-corrected chi connectivity index (χ3v) is 6.75. The minimum absolute atomic E-state index is 0.0156. The molecule has 3 aromatic carbocycles. The number of benzene rings is 3. The first kappa shape index (κ1) is 27.0. The molecule has 0 saturated carbocycles. The average Bonchev–Trinajstić information content (AvgIpc) is 2.91. The summed E-state index contributed by atoms with van der Waals surface area (Å²) in [5.41, 5.74) is 2.79. The predicted octanol–water partition coefficient (Wildman–Crippen LogP) is 6.11. The van der Waals surface area contributed by atoms with E-state index in [2.05, 4.69) is 21.0 Å². The van der Waals surface area contributed by atoms with Gasteiger partial charge in [0, 0.05) is 53.9 Å². The van der Waals surface area contributed by atoms with Crippen LogP contribution in [0.4, 0.5) is 11.4 Å². The monoisotopic (exact) mass is 577 g/mol. The summed E-state index contributed by atoms with van der Waals surface area (Å²) < 4.78 is 8.27. The molecule has 1 heterocycles. The maximum absolute atomic E-state index is 13.5. The van der Waals surface area contributed by atoms with Crippen LogP contribution in [0.5, 0.6) is 5.75 Å². The molecule has 0 N–H and O–H groups in total. The number of fused-ring (bicyclic) bond motifs is 1. The highest BCUT2D eigenvalue weighted by Crippen LogP contribution is 2.26. The highest BCUT2D eigenvalue weighted by molar-refractivity contribution is 9.10. The van der Waals surface area contributed by atoms with Crippen molar-refractivity contribution in [3.63, 3.8) is 0 Å². The Morgan fingerprint density at radius 2 is 1.89 bits per heavy atom. The van der Waals surface area contributed by atoms with Gasteiger partial charge in [0.05, 0.1) is 22.0 Å². The zero-order chi connectivity index (χ0) is 27.4. The molecule has 1 aromatic heterocycles. The minimum atomic E-state index is -0.435. The van der Waals surface area contributed by atoms with E-state index in [4.69, 9.17) is 9.72 Å². The Labute approximate surface area is 228 Å². The van der Waals surface area contributed by atoms with Crippen LogP contribution in [0.2, 0.25) is 0 Å². The number of nitro benzene ring substituents is 1. The van der Waals surface area contributed by atoms with E-state index in [9.17, 15) is 14.9 Å². The molecule has 0 aliphatic rings. The number of hydrogen-bond acceptors (Lipinski definition) is 7. The fourth-order valence-corrected chi connectivity index (χ4v) is 4.17. The normalized spacial score (nSPS) is 12.1.